The van der Waals surface area contributed by atoms with Crippen molar-refractivity contribution in [1.82, 2.24) is 15.2 Å². The largest absolute Gasteiger partial charge is 0.496 e. The number of methoxy groups -OCH3 is 1. The molecule has 28 heavy (non-hydrogen) atoms. The molecule has 2 heterocycles. The lowest BCUT2D eigenvalue weighted by Gasteiger charge is -2.37. The molecule has 0 radical (unpaired) electrons. The van der Waals surface area contributed by atoms with Gasteiger partial charge in [0.2, 0.25) is 11.8 Å². The number of rotatable bonds is 6. The summed E-state index contributed by atoms with van der Waals surface area (Å²) in [6.45, 7) is 2.86. The predicted octanol–water partition coefficient (Wildman–Crippen LogP) is 2.75. The first-order valence-corrected chi connectivity index (χ1v) is 9.66. The molecule has 1 aromatic carbocycles. The topological polar surface area (TPSA) is 71.5 Å². The third kappa shape index (κ3) is 4.88. The van der Waals surface area contributed by atoms with Crippen molar-refractivity contribution < 1.29 is 14.3 Å². The van der Waals surface area contributed by atoms with Gasteiger partial charge in [0.25, 0.3) is 0 Å². The summed E-state index contributed by atoms with van der Waals surface area (Å²) in [5, 5.41) is 3.03. The van der Waals surface area contributed by atoms with Gasteiger partial charge in [0.05, 0.1) is 25.3 Å². The number of carbonyl (C=O) groups is 2. The summed E-state index contributed by atoms with van der Waals surface area (Å²) >= 11 is 0. The van der Waals surface area contributed by atoms with Gasteiger partial charge in [-0.25, -0.2) is 0 Å². The zero-order chi connectivity index (χ0) is 19.9. The highest BCUT2D eigenvalue weighted by Gasteiger charge is 2.31. The van der Waals surface area contributed by atoms with Gasteiger partial charge < -0.3 is 15.0 Å². The highest BCUT2D eigenvalue weighted by molar-refractivity contribution is 5.79. The van der Waals surface area contributed by atoms with Crippen molar-refractivity contribution in [2.75, 3.05) is 20.2 Å². The molecule has 1 N–H and O–H groups in total. The molecule has 1 aliphatic rings. The van der Waals surface area contributed by atoms with E-state index in [9.17, 15) is 9.59 Å². The van der Waals surface area contributed by atoms with Crippen LogP contribution in [0.3, 0.4) is 0 Å². The fraction of sp³-hybridized carbons (Fsp3) is 0.409. The van der Waals surface area contributed by atoms with Crippen molar-refractivity contribution in [3.8, 4) is 5.75 Å². The zero-order valence-electron chi connectivity index (χ0n) is 16.4. The number of likely N-dealkylation sites (tertiary alicyclic amines) is 1. The van der Waals surface area contributed by atoms with Crippen LogP contribution >= 0.6 is 0 Å². The molecule has 0 spiro atoms. The highest BCUT2D eigenvalue weighted by Crippen LogP contribution is 2.29. The molecular formula is C22H27N3O3. The van der Waals surface area contributed by atoms with Crippen molar-refractivity contribution in [2.24, 2.45) is 5.92 Å². The number of hydrogen-bond acceptors (Lipinski definition) is 4. The van der Waals surface area contributed by atoms with E-state index in [1.807, 2.05) is 47.4 Å². The van der Waals surface area contributed by atoms with E-state index in [0.717, 1.165) is 36.4 Å². The molecule has 148 valence electrons. The number of piperidine rings is 1. The second-order valence-electron chi connectivity index (χ2n) is 7.16. The first-order chi connectivity index (χ1) is 13.6. The minimum atomic E-state index is -0.194. The van der Waals surface area contributed by atoms with Gasteiger partial charge in [-0.1, -0.05) is 24.3 Å². The van der Waals surface area contributed by atoms with Gasteiger partial charge in [-0.3, -0.25) is 14.6 Å². The van der Waals surface area contributed by atoms with Crippen molar-refractivity contribution in [3.05, 3.63) is 59.9 Å². The van der Waals surface area contributed by atoms with Crippen molar-refractivity contribution in [1.29, 1.82) is 0 Å². The number of amides is 2. The Balaban J connectivity index is 1.73. The number of ether oxygens (including phenoxy) is 1. The predicted molar refractivity (Wildman–Crippen MR) is 107 cm³/mol. The van der Waals surface area contributed by atoms with E-state index in [4.69, 9.17) is 4.74 Å². The lowest BCUT2D eigenvalue weighted by atomic mass is 9.88. The molecule has 2 amide bonds. The molecule has 0 saturated carbocycles. The smallest absolute Gasteiger partial charge is 0.227 e. The molecule has 1 aliphatic heterocycles. The number of nitrogens with one attached hydrogen (secondary N) is 1. The van der Waals surface area contributed by atoms with E-state index >= 15 is 0 Å². The van der Waals surface area contributed by atoms with Crippen molar-refractivity contribution >= 4 is 11.8 Å². The van der Waals surface area contributed by atoms with Gasteiger partial charge in [-0.15, -0.1) is 0 Å². The van der Waals surface area contributed by atoms with Gasteiger partial charge in [-0.2, -0.15) is 0 Å². The molecule has 6 nitrogen and oxygen atoms in total. The van der Waals surface area contributed by atoms with Crippen LogP contribution in [0.25, 0.3) is 0 Å². The number of carbonyl (C=O) groups excluding carboxylic acids is 2. The van der Waals surface area contributed by atoms with Crippen LogP contribution in [0.2, 0.25) is 0 Å². The van der Waals surface area contributed by atoms with E-state index in [-0.39, 0.29) is 23.8 Å². The van der Waals surface area contributed by atoms with Gasteiger partial charge in [0.15, 0.2) is 0 Å². The standard InChI is InChI=1S/C22H27N3O3/c1-16(26)24-22(19-10-5-6-12-23-19)18-9-7-13-25(15-18)21(27)14-17-8-3-4-11-20(17)28-2/h3-6,8,10-12,18,22H,7,9,13-15H2,1-2H3,(H,24,26)/t18-,22+/m0/s1. The van der Waals surface area contributed by atoms with Gasteiger partial charge in [0, 0.05) is 37.7 Å². The lowest BCUT2D eigenvalue weighted by Crippen LogP contribution is -2.45. The molecule has 1 fully saturated rings. The average Bonchev–Trinajstić information content (AvgIpc) is 2.73. The fourth-order valence-corrected chi connectivity index (χ4v) is 3.84. The van der Waals surface area contributed by atoms with E-state index in [0.29, 0.717) is 13.0 Å². The number of hydrogen-bond donors (Lipinski definition) is 1. The molecule has 3 rings (SSSR count). The summed E-state index contributed by atoms with van der Waals surface area (Å²) in [4.78, 5) is 31.0. The summed E-state index contributed by atoms with van der Waals surface area (Å²) in [6.07, 6.45) is 3.90. The zero-order valence-corrected chi connectivity index (χ0v) is 16.4. The van der Waals surface area contributed by atoms with Crippen molar-refractivity contribution in [2.45, 2.75) is 32.2 Å². The third-order valence-corrected chi connectivity index (χ3v) is 5.18. The van der Waals surface area contributed by atoms with E-state index < -0.39 is 0 Å². The Labute approximate surface area is 165 Å². The summed E-state index contributed by atoms with van der Waals surface area (Å²) in [5.74, 6) is 0.855. The lowest BCUT2D eigenvalue weighted by molar-refractivity contribution is -0.132. The average molecular weight is 381 g/mol. The Morgan fingerprint density at radius 3 is 2.75 bits per heavy atom. The molecule has 0 bridgehead atoms. The normalized spacial score (nSPS) is 17.6. The summed E-state index contributed by atoms with van der Waals surface area (Å²) < 4.78 is 5.37. The molecule has 1 saturated heterocycles. The molecular weight excluding hydrogens is 354 g/mol. The minimum Gasteiger partial charge on any atom is -0.496 e. The molecule has 2 aromatic rings. The van der Waals surface area contributed by atoms with Gasteiger partial charge in [-0.05, 0) is 31.0 Å². The van der Waals surface area contributed by atoms with E-state index in [2.05, 4.69) is 10.3 Å². The maximum absolute atomic E-state index is 12.9. The number of pyridine rings is 1. The van der Waals surface area contributed by atoms with Crippen LogP contribution in [0, 0.1) is 5.92 Å². The van der Waals surface area contributed by atoms with Crippen LogP contribution in [0.1, 0.15) is 37.1 Å². The first kappa shape index (κ1) is 19.9. The Kier molecular flexibility index (Phi) is 6.63. The Hall–Kier alpha value is -2.89. The number of aromatic nitrogens is 1. The molecule has 0 aliphatic carbocycles. The fourth-order valence-electron chi connectivity index (χ4n) is 3.84. The van der Waals surface area contributed by atoms with Gasteiger partial charge >= 0.3 is 0 Å². The Morgan fingerprint density at radius 2 is 2.04 bits per heavy atom. The second-order valence-corrected chi connectivity index (χ2v) is 7.16. The van der Waals surface area contributed by atoms with Crippen molar-refractivity contribution in [3.63, 3.8) is 0 Å². The first-order valence-electron chi connectivity index (χ1n) is 9.66. The number of nitrogens with zero attached hydrogens (tertiary/aromatic N) is 2. The Bertz CT molecular complexity index is 810. The summed E-state index contributed by atoms with van der Waals surface area (Å²) in [5.41, 5.74) is 1.72. The molecule has 0 unspecified atom stereocenters. The summed E-state index contributed by atoms with van der Waals surface area (Å²) in [6, 6.07) is 13.1. The molecule has 2 atom stereocenters. The Morgan fingerprint density at radius 1 is 1.25 bits per heavy atom. The van der Waals surface area contributed by atoms with Crippen LogP contribution in [-0.2, 0) is 16.0 Å². The monoisotopic (exact) mass is 381 g/mol. The minimum absolute atomic E-state index is 0.0804. The quantitative estimate of drug-likeness (QED) is 0.835. The number of para-hydroxylation sites is 1. The second kappa shape index (κ2) is 9.35. The number of benzene rings is 1. The SMILES string of the molecule is COc1ccccc1CC(=O)N1CCC[C@H]([C@@H](NC(C)=O)c2ccccn2)C1. The molecule has 6 heteroatoms. The third-order valence-electron chi connectivity index (χ3n) is 5.18. The van der Waals surface area contributed by atoms with Crippen LogP contribution in [-0.4, -0.2) is 41.9 Å². The van der Waals surface area contributed by atoms with Crippen LogP contribution in [0.4, 0.5) is 0 Å². The van der Waals surface area contributed by atoms with Crippen LogP contribution in [0.15, 0.2) is 48.7 Å². The van der Waals surface area contributed by atoms with E-state index in [1.165, 1.54) is 6.92 Å². The molecule has 1 aromatic heterocycles. The maximum atomic E-state index is 12.9. The maximum Gasteiger partial charge on any atom is 0.227 e. The van der Waals surface area contributed by atoms with Crippen LogP contribution in [0.5, 0.6) is 5.75 Å². The van der Waals surface area contributed by atoms with Gasteiger partial charge in [0.1, 0.15) is 5.75 Å². The summed E-state index contributed by atoms with van der Waals surface area (Å²) in [7, 11) is 1.62. The van der Waals surface area contributed by atoms with Crippen LogP contribution < -0.4 is 10.1 Å². The van der Waals surface area contributed by atoms with E-state index in [1.54, 1.807) is 13.3 Å². The highest BCUT2D eigenvalue weighted by atomic mass is 16.5.